The number of nitrogens with one attached hydrogen (secondary N) is 1. The second-order valence-corrected chi connectivity index (χ2v) is 9.12. The van der Waals surface area contributed by atoms with Gasteiger partial charge in [-0.05, 0) is 23.6 Å². The van der Waals surface area contributed by atoms with Crippen LogP contribution in [0.1, 0.15) is 17.5 Å². The number of nitriles is 1. The second-order valence-electron chi connectivity index (χ2n) is 9.12. The highest BCUT2D eigenvalue weighted by Crippen LogP contribution is 2.26. The molecule has 0 spiro atoms. The Labute approximate surface area is 229 Å². The lowest BCUT2D eigenvalue weighted by atomic mass is 10.0. The number of amides is 3. The SMILES string of the molecule is C#C/C=C\C=C/CNC(=O)[C@H]1C[C@@H](C#N)N(C(=O)[C@H](Cc2ccccc2)N(C)C(=O)OCc2ccccc2)C1. The van der Waals surface area contributed by atoms with Crippen molar-refractivity contribution in [3.63, 3.8) is 0 Å². The van der Waals surface area contributed by atoms with Crippen LogP contribution in [-0.2, 0) is 27.4 Å². The average Bonchev–Trinajstić information content (AvgIpc) is 3.41. The molecule has 2 aromatic rings. The first-order valence-electron chi connectivity index (χ1n) is 12.7. The van der Waals surface area contributed by atoms with E-state index in [0.717, 1.165) is 11.1 Å². The molecule has 0 aromatic heterocycles. The van der Waals surface area contributed by atoms with Crippen LogP contribution in [-0.4, -0.2) is 59.9 Å². The number of carbonyl (C=O) groups is 3. The van der Waals surface area contributed by atoms with Crippen molar-refractivity contribution in [2.75, 3.05) is 20.1 Å². The van der Waals surface area contributed by atoms with Crippen molar-refractivity contribution in [1.82, 2.24) is 15.1 Å². The Bertz CT molecular complexity index is 1260. The Hall–Kier alpha value is -4.82. The predicted molar refractivity (Wildman–Crippen MR) is 148 cm³/mol. The Balaban J connectivity index is 1.71. The number of benzene rings is 2. The molecule has 3 atom stereocenters. The van der Waals surface area contributed by atoms with Crippen LogP contribution in [0.15, 0.2) is 85.0 Å². The quantitative estimate of drug-likeness (QED) is 0.379. The summed E-state index contributed by atoms with van der Waals surface area (Å²) in [5.41, 5.74) is 1.68. The van der Waals surface area contributed by atoms with Gasteiger partial charge in [-0.25, -0.2) is 4.79 Å². The largest absolute Gasteiger partial charge is 0.445 e. The Morgan fingerprint density at radius 3 is 2.44 bits per heavy atom. The number of rotatable bonds is 10. The standard InChI is InChI=1S/C31H32N4O4/c1-3-4-5-6-13-18-33-29(36)26-20-27(21-32)35(22-26)30(37)28(19-24-14-9-7-10-15-24)34(2)31(38)39-23-25-16-11-8-12-17-25/h1,4-17,26-28H,18-20,22-23H2,2H3,(H,33,36)/b5-4-,13-6-/t26-,27-,28-/m0/s1. The smallest absolute Gasteiger partial charge is 0.410 e. The first kappa shape index (κ1) is 28.7. The van der Waals surface area contributed by atoms with E-state index in [9.17, 15) is 19.6 Å². The van der Waals surface area contributed by atoms with E-state index in [4.69, 9.17) is 11.2 Å². The van der Waals surface area contributed by atoms with Crippen LogP contribution in [0.3, 0.4) is 0 Å². The molecule has 2 aromatic carbocycles. The molecule has 0 bridgehead atoms. The van der Waals surface area contributed by atoms with E-state index < -0.39 is 30.0 Å². The van der Waals surface area contributed by atoms with Gasteiger partial charge >= 0.3 is 6.09 Å². The third-order valence-electron chi connectivity index (χ3n) is 6.46. The van der Waals surface area contributed by atoms with Crippen molar-refractivity contribution in [3.05, 3.63) is 96.1 Å². The Morgan fingerprint density at radius 1 is 1.13 bits per heavy atom. The third kappa shape index (κ3) is 8.34. The molecule has 1 aliphatic heterocycles. The normalized spacial score (nSPS) is 17.4. The lowest BCUT2D eigenvalue weighted by Gasteiger charge is -2.31. The summed E-state index contributed by atoms with van der Waals surface area (Å²) >= 11 is 0. The molecule has 0 radical (unpaired) electrons. The summed E-state index contributed by atoms with van der Waals surface area (Å²) in [4.78, 5) is 42.3. The highest BCUT2D eigenvalue weighted by molar-refractivity contribution is 5.88. The minimum absolute atomic E-state index is 0.0655. The summed E-state index contributed by atoms with van der Waals surface area (Å²) in [7, 11) is 1.52. The van der Waals surface area contributed by atoms with Crippen molar-refractivity contribution >= 4 is 17.9 Å². The Kier molecular flexibility index (Phi) is 10.9. The van der Waals surface area contributed by atoms with Crippen LogP contribution in [0.5, 0.6) is 0 Å². The van der Waals surface area contributed by atoms with E-state index in [0.29, 0.717) is 6.54 Å². The summed E-state index contributed by atoms with van der Waals surface area (Å²) in [6.07, 6.45) is 11.6. The monoisotopic (exact) mass is 524 g/mol. The molecule has 3 amide bonds. The van der Waals surface area contributed by atoms with Gasteiger partial charge in [0, 0.05) is 26.6 Å². The third-order valence-corrected chi connectivity index (χ3v) is 6.46. The molecular weight excluding hydrogens is 492 g/mol. The average molecular weight is 525 g/mol. The van der Waals surface area contributed by atoms with Gasteiger partial charge in [0.25, 0.3) is 0 Å². The van der Waals surface area contributed by atoms with Gasteiger partial charge in [-0.2, -0.15) is 5.26 Å². The van der Waals surface area contributed by atoms with Crippen LogP contribution >= 0.6 is 0 Å². The van der Waals surface area contributed by atoms with Crippen LogP contribution in [0.2, 0.25) is 0 Å². The molecule has 200 valence electrons. The number of hydrogen-bond acceptors (Lipinski definition) is 5. The number of allylic oxidation sites excluding steroid dienone is 3. The van der Waals surface area contributed by atoms with E-state index in [1.54, 1.807) is 18.2 Å². The fourth-order valence-electron chi connectivity index (χ4n) is 4.32. The maximum Gasteiger partial charge on any atom is 0.410 e. The van der Waals surface area contributed by atoms with Gasteiger partial charge in [0.15, 0.2) is 0 Å². The van der Waals surface area contributed by atoms with E-state index in [-0.39, 0.29) is 31.9 Å². The number of terminal acetylenes is 1. The maximum absolute atomic E-state index is 13.8. The summed E-state index contributed by atoms with van der Waals surface area (Å²) in [5.74, 6) is 1.18. The van der Waals surface area contributed by atoms with Crippen LogP contribution in [0, 0.1) is 29.6 Å². The zero-order chi connectivity index (χ0) is 28.0. The molecule has 0 aliphatic carbocycles. The van der Waals surface area contributed by atoms with Gasteiger partial charge in [-0.1, -0.05) is 84.8 Å². The Morgan fingerprint density at radius 2 is 1.79 bits per heavy atom. The minimum Gasteiger partial charge on any atom is -0.445 e. The van der Waals surface area contributed by atoms with Crippen molar-refractivity contribution in [2.24, 2.45) is 5.92 Å². The number of likely N-dealkylation sites (N-methyl/N-ethyl adjacent to an activating group) is 1. The van der Waals surface area contributed by atoms with E-state index in [1.807, 2.05) is 60.7 Å². The molecule has 0 saturated carbocycles. The van der Waals surface area contributed by atoms with Gasteiger partial charge in [0.05, 0.1) is 12.0 Å². The van der Waals surface area contributed by atoms with E-state index in [1.165, 1.54) is 22.9 Å². The molecule has 3 rings (SSSR count). The van der Waals surface area contributed by atoms with Crippen LogP contribution < -0.4 is 5.32 Å². The van der Waals surface area contributed by atoms with Crippen molar-refractivity contribution in [2.45, 2.75) is 31.5 Å². The first-order chi connectivity index (χ1) is 18.9. The highest BCUT2D eigenvalue weighted by atomic mass is 16.6. The number of likely N-dealkylation sites (tertiary alicyclic amines) is 1. The second kappa shape index (κ2) is 14.8. The molecular formula is C31H32N4O4. The number of carbonyl (C=O) groups excluding carboxylic acids is 3. The molecule has 8 nitrogen and oxygen atoms in total. The zero-order valence-corrected chi connectivity index (χ0v) is 21.9. The lowest BCUT2D eigenvalue weighted by molar-refractivity contribution is -0.136. The van der Waals surface area contributed by atoms with E-state index in [2.05, 4.69) is 17.3 Å². The maximum atomic E-state index is 13.8. The van der Waals surface area contributed by atoms with Gasteiger partial charge in [-0.3, -0.25) is 14.5 Å². The highest BCUT2D eigenvalue weighted by Gasteiger charge is 2.42. The first-order valence-corrected chi connectivity index (χ1v) is 12.7. The van der Waals surface area contributed by atoms with Gasteiger partial charge < -0.3 is 15.0 Å². The summed E-state index contributed by atoms with van der Waals surface area (Å²) in [6, 6.07) is 19.0. The molecule has 1 N–H and O–H groups in total. The summed E-state index contributed by atoms with van der Waals surface area (Å²) in [6.45, 7) is 0.444. The predicted octanol–water partition coefficient (Wildman–Crippen LogP) is 3.47. The summed E-state index contributed by atoms with van der Waals surface area (Å²) < 4.78 is 5.48. The van der Waals surface area contributed by atoms with Crippen LogP contribution in [0.4, 0.5) is 4.79 Å². The van der Waals surface area contributed by atoms with Gasteiger partial charge in [0.1, 0.15) is 18.7 Å². The zero-order valence-electron chi connectivity index (χ0n) is 21.9. The molecule has 1 saturated heterocycles. The molecule has 1 aliphatic rings. The minimum atomic E-state index is -0.917. The fraction of sp³-hybridized carbons (Fsp3) is 0.290. The van der Waals surface area contributed by atoms with Crippen molar-refractivity contribution in [1.29, 1.82) is 5.26 Å². The van der Waals surface area contributed by atoms with E-state index >= 15 is 0 Å². The molecule has 1 heterocycles. The number of hydrogen-bond donors (Lipinski definition) is 1. The lowest BCUT2D eigenvalue weighted by Crippen LogP contribution is -2.52. The molecule has 1 fully saturated rings. The fourth-order valence-corrected chi connectivity index (χ4v) is 4.32. The van der Waals surface area contributed by atoms with Crippen molar-refractivity contribution < 1.29 is 19.1 Å². The number of nitrogens with zero attached hydrogens (tertiary/aromatic N) is 3. The molecule has 8 heteroatoms. The van der Waals surface area contributed by atoms with Crippen molar-refractivity contribution in [3.8, 4) is 18.4 Å². The molecule has 39 heavy (non-hydrogen) atoms. The topological polar surface area (TPSA) is 103 Å². The van der Waals surface area contributed by atoms with Crippen LogP contribution in [0.25, 0.3) is 0 Å². The van der Waals surface area contributed by atoms with Gasteiger partial charge in [0.2, 0.25) is 11.8 Å². The summed E-state index contributed by atoms with van der Waals surface area (Å²) in [5, 5.41) is 12.6. The molecule has 0 unspecified atom stereocenters. The number of ether oxygens (including phenoxy) is 1. The van der Waals surface area contributed by atoms with Gasteiger partial charge in [-0.15, -0.1) is 6.42 Å².